The van der Waals surface area contributed by atoms with Crippen LogP contribution in [-0.2, 0) is 9.84 Å². The molecule has 6 heteroatoms. The lowest BCUT2D eigenvalue weighted by atomic mass is 10.3. The van der Waals surface area contributed by atoms with Crippen LogP contribution in [-0.4, -0.2) is 36.7 Å². The summed E-state index contributed by atoms with van der Waals surface area (Å²) in [5.41, 5.74) is 0. The molecule has 1 aromatic rings. The van der Waals surface area contributed by atoms with E-state index in [0.717, 1.165) is 19.4 Å². The molecule has 0 radical (unpaired) electrons. The van der Waals surface area contributed by atoms with E-state index in [9.17, 15) is 8.42 Å². The maximum atomic E-state index is 11.8. The lowest BCUT2D eigenvalue weighted by molar-refractivity contribution is 0.573. The van der Waals surface area contributed by atoms with Gasteiger partial charge in [0, 0.05) is 18.4 Å². The van der Waals surface area contributed by atoms with Crippen LogP contribution in [0.15, 0.2) is 23.6 Å². The Balaban J connectivity index is 2.13. The van der Waals surface area contributed by atoms with Crippen molar-refractivity contribution >= 4 is 9.84 Å². The standard InChI is InChI=1S/C9H13N3O2S/c13-15(14,7-8-2-1-3-11-8)9-6-10-4-5-12-9/h4-6,8,11H,1-3,7H2/t8-/m0/s1. The molecule has 0 saturated carbocycles. The Kier molecular flexibility index (Phi) is 2.97. The summed E-state index contributed by atoms with van der Waals surface area (Å²) in [6.07, 6.45) is 6.12. The molecular weight excluding hydrogens is 214 g/mol. The van der Waals surface area contributed by atoms with Crippen molar-refractivity contribution in [2.45, 2.75) is 23.9 Å². The Morgan fingerprint density at radius 2 is 2.33 bits per heavy atom. The smallest absolute Gasteiger partial charge is 0.198 e. The first-order valence-corrected chi connectivity index (χ1v) is 6.56. The molecule has 1 N–H and O–H groups in total. The van der Waals surface area contributed by atoms with Crippen LogP contribution >= 0.6 is 0 Å². The zero-order valence-corrected chi connectivity index (χ0v) is 9.07. The first kappa shape index (κ1) is 10.5. The minimum absolute atomic E-state index is 0.0667. The summed E-state index contributed by atoms with van der Waals surface area (Å²) < 4.78 is 23.7. The fraction of sp³-hybridized carbons (Fsp3) is 0.556. The van der Waals surface area contributed by atoms with Gasteiger partial charge in [-0.15, -0.1) is 0 Å². The number of rotatable bonds is 3. The molecule has 1 aliphatic heterocycles. The molecule has 1 saturated heterocycles. The molecule has 0 amide bonds. The van der Waals surface area contributed by atoms with Crippen LogP contribution in [0.3, 0.4) is 0 Å². The highest BCUT2D eigenvalue weighted by Gasteiger charge is 2.24. The Morgan fingerprint density at radius 3 is 2.93 bits per heavy atom. The molecule has 0 aromatic carbocycles. The van der Waals surface area contributed by atoms with Gasteiger partial charge in [-0.05, 0) is 19.4 Å². The van der Waals surface area contributed by atoms with E-state index >= 15 is 0 Å². The summed E-state index contributed by atoms with van der Waals surface area (Å²) in [7, 11) is -3.28. The average molecular weight is 227 g/mol. The summed E-state index contributed by atoms with van der Waals surface area (Å²) >= 11 is 0. The van der Waals surface area contributed by atoms with Crippen LogP contribution in [0.25, 0.3) is 0 Å². The topological polar surface area (TPSA) is 72.0 Å². The Hall–Kier alpha value is -1.01. The highest BCUT2D eigenvalue weighted by atomic mass is 32.2. The first-order valence-electron chi connectivity index (χ1n) is 4.91. The van der Waals surface area contributed by atoms with Crippen molar-refractivity contribution in [3.05, 3.63) is 18.6 Å². The third kappa shape index (κ3) is 2.51. The zero-order valence-electron chi connectivity index (χ0n) is 8.26. The van der Waals surface area contributed by atoms with Gasteiger partial charge in [0.05, 0.1) is 11.9 Å². The monoisotopic (exact) mass is 227 g/mol. The second-order valence-corrected chi connectivity index (χ2v) is 5.60. The van der Waals surface area contributed by atoms with E-state index in [1.165, 1.54) is 18.6 Å². The number of aromatic nitrogens is 2. The van der Waals surface area contributed by atoms with Gasteiger partial charge in [-0.2, -0.15) is 0 Å². The van der Waals surface area contributed by atoms with Gasteiger partial charge >= 0.3 is 0 Å². The molecule has 5 nitrogen and oxygen atoms in total. The predicted octanol–water partition coefficient (Wildman–Crippen LogP) is 0.00230. The van der Waals surface area contributed by atoms with E-state index in [2.05, 4.69) is 15.3 Å². The number of hydrogen-bond donors (Lipinski definition) is 1. The van der Waals surface area contributed by atoms with Crippen molar-refractivity contribution in [1.82, 2.24) is 15.3 Å². The van der Waals surface area contributed by atoms with Crippen LogP contribution in [0.5, 0.6) is 0 Å². The van der Waals surface area contributed by atoms with E-state index in [0.29, 0.717) is 0 Å². The molecule has 0 spiro atoms. The highest BCUT2D eigenvalue weighted by Crippen LogP contribution is 2.12. The fourth-order valence-electron chi connectivity index (χ4n) is 1.70. The number of hydrogen-bond acceptors (Lipinski definition) is 5. The summed E-state index contributed by atoms with van der Waals surface area (Å²) in [4.78, 5) is 7.58. The second-order valence-electron chi connectivity index (χ2n) is 3.62. The summed E-state index contributed by atoms with van der Waals surface area (Å²) in [6.45, 7) is 0.903. The SMILES string of the molecule is O=S(=O)(C[C@@H]1CCCN1)c1cnccn1. The molecule has 0 bridgehead atoms. The molecule has 15 heavy (non-hydrogen) atoms. The second kappa shape index (κ2) is 4.24. The lowest BCUT2D eigenvalue weighted by Gasteiger charge is -2.09. The number of sulfone groups is 1. The van der Waals surface area contributed by atoms with Crippen LogP contribution in [0.4, 0.5) is 0 Å². The Labute approximate surface area is 88.9 Å². The van der Waals surface area contributed by atoms with Crippen molar-refractivity contribution in [3.63, 3.8) is 0 Å². The van der Waals surface area contributed by atoms with Gasteiger partial charge in [-0.3, -0.25) is 4.98 Å². The quantitative estimate of drug-likeness (QED) is 0.787. The summed E-state index contributed by atoms with van der Waals surface area (Å²) in [6, 6.07) is 0.0667. The van der Waals surface area contributed by atoms with Gasteiger partial charge in [-0.1, -0.05) is 0 Å². The third-order valence-electron chi connectivity index (χ3n) is 2.44. The molecule has 2 heterocycles. The van der Waals surface area contributed by atoms with Gasteiger partial charge in [0.1, 0.15) is 0 Å². The molecule has 1 fully saturated rings. The molecule has 2 rings (SSSR count). The summed E-state index contributed by atoms with van der Waals surface area (Å²) in [5, 5.41) is 3.22. The van der Waals surface area contributed by atoms with Crippen LogP contribution in [0, 0.1) is 0 Å². The van der Waals surface area contributed by atoms with Crippen molar-refractivity contribution in [2.24, 2.45) is 0 Å². The maximum Gasteiger partial charge on any atom is 0.198 e. The highest BCUT2D eigenvalue weighted by molar-refractivity contribution is 7.91. The lowest BCUT2D eigenvalue weighted by Crippen LogP contribution is -2.30. The van der Waals surface area contributed by atoms with E-state index in [-0.39, 0.29) is 16.8 Å². The van der Waals surface area contributed by atoms with Crippen LogP contribution in [0.1, 0.15) is 12.8 Å². The van der Waals surface area contributed by atoms with Gasteiger partial charge in [0.15, 0.2) is 14.9 Å². The largest absolute Gasteiger partial charge is 0.313 e. The van der Waals surface area contributed by atoms with Gasteiger partial charge in [0.2, 0.25) is 0 Å². The van der Waals surface area contributed by atoms with Gasteiger partial charge < -0.3 is 5.32 Å². The summed E-state index contributed by atoms with van der Waals surface area (Å²) in [5.74, 6) is 0.117. The molecular formula is C9H13N3O2S. The van der Waals surface area contributed by atoms with E-state index in [1.54, 1.807) is 0 Å². The molecule has 1 atom stereocenters. The minimum Gasteiger partial charge on any atom is -0.313 e. The molecule has 1 aliphatic rings. The minimum atomic E-state index is -3.28. The predicted molar refractivity (Wildman–Crippen MR) is 55.1 cm³/mol. The van der Waals surface area contributed by atoms with E-state index < -0.39 is 9.84 Å². The first-order chi connectivity index (χ1) is 7.18. The van der Waals surface area contributed by atoms with Crippen molar-refractivity contribution in [2.75, 3.05) is 12.3 Å². The molecule has 82 valence electrons. The molecule has 0 aliphatic carbocycles. The number of nitrogens with one attached hydrogen (secondary N) is 1. The normalized spacial score (nSPS) is 21.7. The number of nitrogens with zero attached hydrogens (tertiary/aromatic N) is 2. The average Bonchev–Trinajstić information content (AvgIpc) is 2.71. The zero-order chi connectivity index (χ0) is 10.7. The van der Waals surface area contributed by atoms with E-state index in [4.69, 9.17) is 0 Å². The fourth-order valence-corrected chi connectivity index (χ4v) is 3.12. The maximum absolute atomic E-state index is 11.8. The van der Waals surface area contributed by atoms with E-state index in [1.807, 2.05) is 0 Å². The van der Waals surface area contributed by atoms with Gasteiger partial charge in [0.25, 0.3) is 0 Å². The third-order valence-corrected chi connectivity index (χ3v) is 4.13. The Bertz CT molecular complexity index is 412. The van der Waals surface area contributed by atoms with Crippen molar-refractivity contribution in [1.29, 1.82) is 0 Å². The van der Waals surface area contributed by atoms with Crippen LogP contribution < -0.4 is 5.32 Å². The Morgan fingerprint density at radius 1 is 1.47 bits per heavy atom. The van der Waals surface area contributed by atoms with Crippen LogP contribution in [0.2, 0.25) is 0 Å². The van der Waals surface area contributed by atoms with Crippen molar-refractivity contribution < 1.29 is 8.42 Å². The molecule has 1 aromatic heterocycles. The van der Waals surface area contributed by atoms with Gasteiger partial charge in [-0.25, -0.2) is 13.4 Å². The van der Waals surface area contributed by atoms with Crippen molar-refractivity contribution in [3.8, 4) is 0 Å². The molecule has 0 unspecified atom stereocenters.